The van der Waals surface area contributed by atoms with E-state index in [1.165, 1.54) is 5.56 Å². The lowest BCUT2D eigenvalue weighted by Crippen LogP contribution is -2.39. The van der Waals surface area contributed by atoms with Gasteiger partial charge in [-0.05, 0) is 30.5 Å². The molecule has 1 aromatic rings. The molecule has 1 atom stereocenters. The van der Waals surface area contributed by atoms with E-state index in [0.717, 1.165) is 17.9 Å². The molecule has 2 rings (SSSR count). The fraction of sp³-hybridized carbons (Fsp3) is 0.429. The number of halogens is 1. The lowest BCUT2D eigenvalue weighted by molar-refractivity contribution is 0.373. The molecule has 1 aromatic carbocycles. The van der Waals surface area contributed by atoms with Gasteiger partial charge >= 0.3 is 0 Å². The average molecular weight is 264 g/mol. The van der Waals surface area contributed by atoms with Gasteiger partial charge in [-0.25, -0.2) is 9.98 Å². The van der Waals surface area contributed by atoms with Gasteiger partial charge in [0.2, 0.25) is 5.96 Å². The molecule has 0 bridgehead atoms. The molecule has 3 nitrogen and oxygen atoms in total. The summed E-state index contributed by atoms with van der Waals surface area (Å²) in [5.41, 5.74) is 6.76. The van der Waals surface area contributed by atoms with Gasteiger partial charge in [-0.1, -0.05) is 37.6 Å². The fourth-order valence-corrected chi connectivity index (χ4v) is 2.66. The second-order valence-electron chi connectivity index (χ2n) is 4.59. The summed E-state index contributed by atoms with van der Waals surface area (Å²) in [6, 6.07) is 7.89. The maximum atomic E-state index is 5.93. The highest BCUT2D eigenvalue weighted by Gasteiger charge is 2.37. The molecule has 1 heterocycles. The van der Waals surface area contributed by atoms with Gasteiger partial charge in [-0.2, -0.15) is 0 Å². The highest BCUT2D eigenvalue weighted by molar-refractivity contribution is 6.30. The van der Waals surface area contributed by atoms with E-state index in [4.69, 9.17) is 17.3 Å². The number of rotatable bonds is 3. The van der Waals surface area contributed by atoms with Gasteiger partial charge in [0.15, 0.2) is 0 Å². The predicted molar refractivity (Wildman–Crippen MR) is 77.6 cm³/mol. The fourth-order valence-electron chi connectivity index (χ4n) is 2.53. The lowest BCUT2D eigenvalue weighted by Gasteiger charge is -2.36. The molecule has 96 valence electrons. The van der Waals surface area contributed by atoms with Gasteiger partial charge in [0, 0.05) is 17.2 Å². The van der Waals surface area contributed by atoms with Crippen LogP contribution >= 0.6 is 11.6 Å². The summed E-state index contributed by atoms with van der Waals surface area (Å²) < 4.78 is 0. The number of hydrogen-bond donors (Lipinski definition) is 1. The van der Waals surface area contributed by atoms with E-state index in [1.807, 2.05) is 30.5 Å². The van der Waals surface area contributed by atoms with Crippen molar-refractivity contribution in [3.63, 3.8) is 0 Å². The normalized spacial score (nSPS) is 21.7. The molecular weight excluding hydrogens is 246 g/mol. The van der Waals surface area contributed by atoms with Crippen LogP contribution in [0, 0.1) is 0 Å². The first-order valence-corrected chi connectivity index (χ1v) is 6.64. The Morgan fingerprint density at radius 3 is 2.39 bits per heavy atom. The molecule has 4 heteroatoms. The van der Waals surface area contributed by atoms with Crippen LogP contribution in [0.25, 0.3) is 0 Å². The molecule has 1 aliphatic heterocycles. The van der Waals surface area contributed by atoms with Crippen LogP contribution in [0.2, 0.25) is 5.02 Å². The second kappa shape index (κ2) is 5.11. The lowest BCUT2D eigenvalue weighted by atomic mass is 9.76. The minimum Gasteiger partial charge on any atom is -0.368 e. The zero-order chi connectivity index (χ0) is 13.2. The number of aliphatic imine (C=N–C) groups is 2. The SMILES string of the molecule is CCC1(CC)N=C(N)N=CC1c1ccc(Cl)cc1. The van der Waals surface area contributed by atoms with E-state index < -0.39 is 0 Å². The standard InChI is InChI=1S/C14H18ClN3/c1-3-14(4-2)12(9-17-13(16)18-14)10-5-7-11(15)8-6-10/h5-9,12H,3-4H2,1-2H3,(H2,16,18). The van der Waals surface area contributed by atoms with Gasteiger partial charge in [-0.15, -0.1) is 0 Å². The van der Waals surface area contributed by atoms with Crippen molar-refractivity contribution >= 4 is 23.8 Å². The zero-order valence-corrected chi connectivity index (χ0v) is 11.5. The summed E-state index contributed by atoms with van der Waals surface area (Å²) in [6.45, 7) is 4.28. The number of guanidine groups is 1. The number of benzene rings is 1. The Labute approximate surface area is 113 Å². The van der Waals surface area contributed by atoms with Gasteiger partial charge in [0.05, 0.1) is 5.54 Å². The average Bonchev–Trinajstić information content (AvgIpc) is 2.39. The summed E-state index contributed by atoms with van der Waals surface area (Å²) in [4.78, 5) is 8.77. The van der Waals surface area contributed by atoms with Crippen molar-refractivity contribution in [3.8, 4) is 0 Å². The summed E-state index contributed by atoms with van der Waals surface area (Å²) >= 11 is 5.93. The van der Waals surface area contributed by atoms with Gasteiger partial charge in [0.1, 0.15) is 0 Å². The molecule has 0 radical (unpaired) electrons. The minimum absolute atomic E-state index is 0.164. The van der Waals surface area contributed by atoms with Crippen molar-refractivity contribution in [2.45, 2.75) is 38.1 Å². The Morgan fingerprint density at radius 2 is 1.83 bits per heavy atom. The summed E-state index contributed by atoms with van der Waals surface area (Å²) in [5.74, 6) is 0.543. The molecule has 0 spiro atoms. The molecule has 1 unspecified atom stereocenters. The van der Waals surface area contributed by atoms with Crippen LogP contribution in [0.15, 0.2) is 34.3 Å². The highest BCUT2D eigenvalue weighted by Crippen LogP contribution is 2.38. The molecule has 2 N–H and O–H groups in total. The van der Waals surface area contributed by atoms with E-state index in [-0.39, 0.29) is 11.5 Å². The van der Waals surface area contributed by atoms with Crippen LogP contribution < -0.4 is 5.73 Å². The second-order valence-corrected chi connectivity index (χ2v) is 5.02. The molecule has 1 aliphatic rings. The quantitative estimate of drug-likeness (QED) is 0.893. The van der Waals surface area contributed by atoms with Crippen molar-refractivity contribution in [3.05, 3.63) is 34.9 Å². The zero-order valence-electron chi connectivity index (χ0n) is 10.7. The third-order valence-corrected chi connectivity index (χ3v) is 3.98. The van der Waals surface area contributed by atoms with Crippen LogP contribution in [0.1, 0.15) is 38.2 Å². The molecule has 0 aliphatic carbocycles. The van der Waals surface area contributed by atoms with E-state index >= 15 is 0 Å². The number of hydrogen-bond acceptors (Lipinski definition) is 3. The van der Waals surface area contributed by atoms with Gasteiger partial charge < -0.3 is 5.73 Å². The number of nitrogens with zero attached hydrogens (tertiary/aromatic N) is 2. The van der Waals surface area contributed by atoms with Crippen LogP contribution in [-0.4, -0.2) is 17.7 Å². The third-order valence-electron chi connectivity index (χ3n) is 3.73. The summed E-state index contributed by atoms with van der Waals surface area (Å²) in [5, 5.41) is 0.744. The largest absolute Gasteiger partial charge is 0.368 e. The first kappa shape index (κ1) is 13.1. The van der Waals surface area contributed by atoms with Crippen LogP contribution in [0.3, 0.4) is 0 Å². The van der Waals surface area contributed by atoms with Crippen molar-refractivity contribution in [1.29, 1.82) is 0 Å². The van der Waals surface area contributed by atoms with Crippen LogP contribution in [-0.2, 0) is 0 Å². The molecule has 0 fully saturated rings. The highest BCUT2D eigenvalue weighted by atomic mass is 35.5. The summed E-state index contributed by atoms with van der Waals surface area (Å²) in [7, 11) is 0. The Morgan fingerprint density at radius 1 is 1.22 bits per heavy atom. The van der Waals surface area contributed by atoms with E-state index in [9.17, 15) is 0 Å². The molecule has 0 saturated heterocycles. The van der Waals surface area contributed by atoms with Crippen molar-refractivity contribution < 1.29 is 0 Å². The Bertz CT molecular complexity index is 472. The third kappa shape index (κ3) is 2.27. The van der Waals surface area contributed by atoms with E-state index in [0.29, 0.717) is 5.96 Å². The van der Waals surface area contributed by atoms with Crippen molar-refractivity contribution in [1.82, 2.24) is 0 Å². The van der Waals surface area contributed by atoms with E-state index in [2.05, 4.69) is 23.8 Å². The predicted octanol–water partition coefficient (Wildman–Crippen LogP) is 3.38. The minimum atomic E-state index is -0.181. The molecule has 0 saturated carbocycles. The monoisotopic (exact) mass is 263 g/mol. The maximum absolute atomic E-state index is 5.93. The maximum Gasteiger partial charge on any atom is 0.215 e. The smallest absolute Gasteiger partial charge is 0.215 e. The van der Waals surface area contributed by atoms with Crippen LogP contribution in [0.5, 0.6) is 0 Å². The van der Waals surface area contributed by atoms with E-state index in [1.54, 1.807) is 0 Å². The van der Waals surface area contributed by atoms with Crippen LogP contribution in [0.4, 0.5) is 0 Å². The van der Waals surface area contributed by atoms with Crippen molar-refractivity contribution in [2.24, 2.45) is 15.7 Å². The Hall–Kier alpha value is -1.35. The molecular formula is C14H18ClN3. The van der Waals surface area contributed by atoms with Gasteiger partial charge in [-0.3, -0.25) is 0 Å². The Kier molecular flexibility index (Phi) is 3.71. The number of nitrogens with two attached hydrogens (primary N) is 1. The molecule has 0 aromatic heterocycles. The first-order valence-electron chi connectivity index (χ1n) is 6.26. The first-order chi connectivity index (χ1) is 8.61. The topological polar surface area (TPSA) is 50.7 Å². The Balaban J connectivity index is 2.42. The molecule has 0 amide bonds. The molecule has 18 heavy (non-hydrogen) atoms. The van der Waals surface area contributed by atoms with Gasteiger partial charge in [0.25, 0.3) is 0 Å². The summed E-state index contributed by atoms with van der Waals surface area (Å²) in [6.07, 6.45) is 3.78. The van der Waals surface area contributed by atoms with Crippen molar-refractivity contribution in [2.75, 3.05) is 0 Å².